The lowest BCUT2D eigenvalue weighted by molar-refractivity contribution is 0.660. The molecule has 0 fully saturated rings. The number of nitrogens with zero attached hydrogens (tertiary/aromatic N) is 1. The van der Waals surface area contributed by atoms with Crippen molar-refractivity contribution in [3.63, 3.8) is 0 Å². The highest BCUT2D eigenvalue weighted by Crippen LogP contribution is 2.50. The van der Waals surface area contributed by atoms with Crippen LogP contribution in [0.5, 0.6) is 0 Å². The van der Waals surface area contributed by atoms with Gasteiger partial charge in [-0.25, -0.2) is 0 Å². The minimum absolute atomic E-state index is 0.0168. The number of para-hydroxylation sites is 2. The quantitative estimate of drug-likeness (QED) is 0.174. The monoisotopic (exact) mass is 679 g/mol. The normalized spacial score (nSPS) is 12.9. The largest absolute Gasteiger partial charge is 0.455 e. The molecule has 0 unspecified atom stereocenters. The van der Waals surface area contributed by atoms with Gasteiger partial charge in [0.25, 0.3) is 0 Å². The molecule has 8 aromatic carbocycles. The molecule has 2 nitrogen and oxygen atoms in total. The van der Waals surface area contributed by atoms with Crippen LogP contribution in [0, 0.1) is 0 Å². The van der Waals surface area contributed by atoms with E-state index in [-0.39, 0.29) is 5.41 Å². The van der Waals surface area contributed by atoms with Gasteiger partial charge in [0.2, 0.25) is 0 Å². The Hall–Kier alpha value is -6.64. The molecule has 1 aliphatic carbocycles. The second-order valence-corrected chi connectivity index (χ2v) is 14.6. The van der Waals surface area contributed by atoms with Crippen molar-refractivity contribution < 1.29 is 4.42 Å². The Morgan fingerprint density at radius 2 is 0.943 bits per heavy atom. The van der Waals surface area contributed by atoms with Gasteiger partial charge in [-0.1, -0.05) is 153 Å². The fourth-order valence-electron chi connectivity index (χ4n) is 8.37. The summed E-state index contributed by atoms with van der Waals surface area (Å²) in [5.74, 6) is 0. The molecule has 0 spiro atoms. The van der Waals surface area contributed by atoms with Crippen LogP contribution in [0.3, 0.4) is 0 Å². The highest BCUT2D eigenvalue weighted by molar-refractivity contribution is 6.09. The molecule has 0 saturated carbocycles. The summed E-state index contributed by atoms with van der Waals surface area (Å²) in [7, 11) is 0. The van der Waals surface area contributed by atoms with Gasteiger partial charge in [-0.3, -0.25) is 0 Å². The average molecular weight is 680 g/mol. The molecule has 0 radical (unpaired) electrons. The highest BCUT2D eigenvalue weighted by Gasteiger charge is 2.35. The molecule has 0 atom stereocenters. The van der Waals surface area contributed by atoms with Crippen molar-refractivity contribution in [1.82, 2.24) is 0 Å². The van der Waals surface area contributed by atoms with E-state index in [4.69, 9.17) is 4.42 Å². The zero-order valence-corrected chi connectivity index (χ0v) is 29.8. The first-order valence-corrected chi connectivity index (χ1v) is 18.3. The summed E-state index contributed by atoms with van der Waals surface area (Å²) in [6, 6.07) is 67.8. The standard InChI is InChI=1S/C51H37NO/c1-51(2)47-20-8-6-16-43(47)46-33-38(26-31-48(46)51)37-14-10-15-41(32-37)52(39-27-22-35(23-28-39)34-12-4-3-5-13-34)40-29-24-36(25-30-40)42-18-11-19-45-44-17-7-9-21-49(44)53-50(42)45/h3-33H,1-2H3. The Labute approximate surface area is 310 Å². The molecule has 1 aliphatic rings. The highest BCUT2D eigenvalue weighted by atomic mass is 16.3. The van der Waals surface area contributed by atoms with Gasteiger partial charge in [0, 0.05) is 38.8 Å². The van der Waals surface area contributed by atoms with E-state index in [0.717, 1.165) is 50.1 Å². The van der Waals surface area contributed by atoms with Crippen LogP contribution in [-0.4, -0.2) is 0 Å². The Morgan fingerprint density at radius 1 is 0.377 bits per heavy atom. The van der Waals surface area contributed by atoms with E-state index in [1.807, 2.05) is 12.1 Å². The van der Waals surface area contributed by atoms with Crippen LogP contribution in [0.25, 0.3) is 66.4 Å². The van der Waals surface area contributed by atoms with Crippen molar-refractivity contribution in [2.24, 2.45) is 0 Å². The number of fused-ring (bicyclic) bond motifs is 6. The summed E-state index contributed by atoms with van der Waals surface area (Å²) < 4.78 is 6.41. The molecule has 0 N–H and O–H groups in total. The molecule has 2 heteroatoms. The van der Waals surface area contributed by atoms with Crippen LogP contribution < -0.4 is 4.90 Å². The third-order valence-electron chi connectivity index (χ3n) is 11.1. The van der Waals surface area contributed by atoms with Gasteiger partial charge in [0.15, 0.2) is 0 Å². The lowest BCUT2D eigenvalue weighted by atomic mass is 9.82. The van der Waals surface area contributed by atoms with E-state index in [0.29, 0.717) is 0 Å². The summed E-state index contributed by atoms with van der Waals surface area (Å²) >= 11 is 0. The smallest absolute Gasteiger partial charge is 0.143 e. The summed E-state index contributed by atoms with van der Waals surface area (Å²) in [5, 5.41) is 2.28. The molecule has 1 heterocycles. The zero-order chi connectivity index (χ0) is 35.5. The topological polar surface area (TPSA) is 16.4 Å². The SMILES string of the molecule is CC1(C)c2ccccc2-c2cc(-c3cccc(N(c4ccc(-c5ccccc5)cc4)c4ccc(-c5cccc6c5oc5ccccc56)cc4)c3)ccc21. The van der Waals surface area contributed by atoms with Gasteiger partial charge >= 0.3 is 0 Å². The van der Waals surface area contributed by atoms with Crippen LogP contribution in [-0.2, 0) is 5.41 Å². The minimum Gasteiger partial charge on any atom is -0.455 e. The molecule has 53 heavy (non-hydrogen) atoms. The van der Waals surface area contributed by atoms with Crippen LogP contribution in [0.4, 0.5) is 17.1 Å². The minimum atomic E-state index is -0.0168. The molecular weight excluding hydrogens is 643 g/mol. The Morgan fingerprint density at radius 3 is 1.75 bits per heavy atom. The fourth-order valence-corrected chi connectivity index (χ4v) is 8.37. The molecule has 252 valence electrons. The first-order valence-electron chi connectivity index (χ1n) is 18.3. The van der Waals surface area contributed by atoms with E-state index in [1.54, 1.807) is 0 Å². The third-order valence-corrected chi connectivity index (χ3v) is 11.1. The van der Waals surface area contributed by atoms with Gasteiger partial charge in [-0.15, -0.1) is 0 Å². The number of benzene rings is 8. The van der Waals surface area contributed by atoms with Crippen LogP contribution in [0.1, 0.15) is 25.0 Å². The van der Waals surface area contributed by atoms with Gasteiger partial charge in [-0.05, 0) is 98.6 Å². The summed E-state index contributed by atoms with van der Waals surface area (Å²) in [6.45, 7) is 4.67. The van der Waals surface area contributed by atoms with Crippen LogP contribution in [0.15, 0.2) is 192 Å². The molecule has 0 bridgehead atoms. The molecule has 10 rings (SSSR count). The van der Waals surface area contributed by atoms with E-state index < -0.39 is 0 Å². The van der Waals surface area contributed by atoms with Crippen molar-refractivity contribution in [3.8, 4) is 44.5 Å². The van der Waals surface area contributed by atoms with Gasteiger partial charge in [-0.2, -0.15) is 0 Å². The maximum atomic E-state index is 6.41. The first-order chi connectivity index (χ1) is 26.0. The van der Waals surface area contributed by atoms with Crippen molar-refractivity contribution in [2.75, 3.05) is 4.90 Å². The Kier molecular flexibility index (Phi) is 7.19. The van der Waals surface area contributed by atoms with E-state index >= 15 is 0 Å². The first kappa shape index (κ1) is 31.1. The predicted molar refractivity (Wildman–Crippen MR) is 222 cm³/mol. The number of furan rings is 1. The molecule has 1 aromatic heterocycles. The van der Waals surface area contributed by atoms with Crippen molar-refractivity contribution in [2.45, 2.75) is 19.3 Å². The van der Waals surface area contributed by atoms with Crippen LogP contribution in [0.2, 0.25) is 0 Å². The predicted octanol–water partition coefficient (Wildman–Crippen LogP) is 14.4. The molecular formula is C51H37NO. The lowest BCUT2D eigenvalue weighted by Crippen LogP contribution is -2.14. The second kappa shape index (κ2) is 12.3. The van der Waals surface area contributed by atoms with Crippen LogP contribution >= 0.6 is 0 Å². The maximum Gasteiger partial charge on any atom is 0.143 e. The second-order valence-electron chi connectivity index (χ2n) is 14.6. The molecule has 0 amide bonds. The lowest BCUT2D eigenvalue weighted by Gasteiger charge is -2.26. The van der Waals surface area contributed by atoms with Gasteiger partial charge < -0.3 is 9.32 Å². The van der Waals surface area contributed by atoms with Crippen molar-refractivity contribution >= 4 is 39.0 Å². The Bertz CT molecular complexity index is 2790. The maximum absolute atomic E-state index is 6.41. The molecule has 0 saturated heterocycles. The van der Waals surface area contributed by atoms with Gasteiger partial charge in [0.1, 0.15) is 11.2 Å². The zero-order valence-electron chi connectivity index (χ0n) is 29.8. The fraction of sp³-hybridized carbons (Fsp3) is 0.0588. The van der Waals surface area contributed by atoms with E-state index in [9.17, 15) is 0 Å². The number of anilines is 3. The molecule has 0 aliphatic heterocycles. The average Bonchev–Trinajstić information content (AvgIpc) is 3.71. The summed E-state index contributed by atoms with van der Waals surface area (Å²) in [5.41, 5.74) is 17.5. The van der Waals surface area contributed by atoms with Gasteiger partial charge in [0.05, 0.1) is 0 Å². The van der Waals surface area contributed by atoms with E-state index in [1.165, 1.54) is 44.5 Å². The summed E-state index contributed by atoms with van der Waals surface area (Å²) in [6.07, 6.45) is 0. The number of rotatable bonds is 6. The number of hydrogen-bond acceptors (Lipinski definition) is 2. The number of hydrogen-bond donors (Lipinski definition) is 0. The van der Waals surface area contributed by atoms with Crippen molar-refractivity contribution in [1.29, 1.82) is 0 Å². The Balaban J connectivity index is 1.07. The third kappa shape index (κ3) is 5.18. The molecule has 9 aromatic rings. The van der Waals surface area contributed by atoms with E-state index in [2.05, 4.69) is 195 Å². The summed E-state index contributed by atoms with van der Waals surface area (Å²) in [4.78, 5) is 2.36. The van der Waals surface area contributed by atoms with Crippen molar-refractivity contribution in [3.05, 3.63) is 199 Å².